The number of nitrogens with zero attached hydrogens (tertiary/aromatic N) is 7. The van der Waals surface area contributed by atoms with Crippen LogP contribution in [0.5, 0.6) is 0 Å². The molecule has 7 heterocycles. The third kappa shape index (κ3) is 4.16. The maximum absolute atomic E-state index is 6.20. The van der Waals surface area contributed by atoms with E-state index in [0.717, 1.165) is 59.5 Å². The third-order valence-electron chi connectivity index (χ3n) is 5.90. The molecular formula is C21H18Cl2N8OS2. The molecule has 0 spiro atoms. The molecule has 7 rings (SSSR count). The molecule has 0 aromatic carbocycles. The number of rotatable bonds is 2. The van der Waals surface area contributed by atoms with Crippen molar-refractivity contribution in [3.63, 3.8) is 0 Å². The van der Waals surface area contributed by atoms with E-state index in [0.29, 0.717) is 22.7 Å². The second-order valence-corrected chi connectivity index (χ2v) is 10.8. The summed E-state index contributed by atoms with van der Waals surface area (Å²) in [6.45, 7) is 4.46. The van der Waals surface area contributed by atoms with E-state index in [1.54, 1.807) is 22.7 Å². The Morgan fingerprint density at radius 1 is 0.912 bits per heavy atom. The minimum atomic E-state index is 0.555. The summed E-state index contributed by atoms with van der Waals surface area (Å²) in [6, 6.07) is 0. The fourth-order valence-corrected chi connectivity index (χ4v) is 7.35. The van der Waals surface area contributed by atoms with Crippen molar-refractivity contribution in [2.75, 3.05) is 13.1 Å². The van der Waals surface area contributed by atoms with E-state index in [2.05, 4.69) is 40.3 Å². The molecule has 13 heteroatoms. The summed E-state index contributed by atoms with van der Waals surface area (Å²) >= 11 is 15.7. The van der Waals surface area contributed by atoms with Crippen molar-refractivity contribution in [3.8, 4) is 0 Å². The first kappa shape index (κ1) is 22.2. The van der Waals surface area contributed by atoms with Gasteiger partial charge in [0.25, 0.3) is 0 Å². The Kier molecular flexibility index (Phi) is 6.14. The SMILES string of the molecule is Clc1ncnc2sc3c(c12)CCN(Cc1ncon1)C3.Clc1ncnc2sc3c(c12)CCNC3. The lowest BCUT2D eigenvalue weighted by atomic mass is 10.1. The van der Waals surface area contributed by atoms with Gasteiger partial charge in [-0.2, -0.15) is 4.98 Å². The van der Waals surface area contributed by atoms with Crippen LogP contribution in [0.4, 0.5) is 0 Å². The highest BCUT2D eigenvalue weighted by atomic mass is 35.5. The van der Waals surface area contributed by atoms with Gasteiger partial charge < -0.3 is 9.84 Å². The largest absolute Gasteiger partial charge is 0.343 e. The zero-order valence-corrected chi connectivity index (χ0v) is 20.9. The quantitative estimate of drug-likeness (QED) is 0.333. The number of thiophene rings is 2. The van der Waals surface area contributed by atoms with Gasteiger partial charge in [0.15, 0.2) is 5.82 Å². The van der Waals surface area contributed by atoms with Gasteiger partial charge in [-0.3, -0.25) is 4.90 Å². The Hall–Kier alpha value is -2.28. The molecule has 0 saturated carbocycles. The molecule has 2 aliphatic rings. The number of halogens is 2. The summed E-state index contributed by atoms with van der Waals surface area (Å²) < 4.78 is 4.77. The molecule has 2 aliphatic heterocycles. The van der Waals surface area contributed by atoms with Crippen LogP contribution >= 0.6 is 45.9 Å². The average molecular weight is 533 g/mol. The van der Waals surface area contributed by atoms with Gasteiger partial charge in [0.1, 0.15) is 32.6 Å². The summed E-state index contributed by atoms with van der Waals surface area (Å²) in [5.41, 5.74) is 2.63. The number of aromatic nitrogens is 6. The van der Waals surface area contributed by atoms with Crippen LogP contribution < -0.4 is 5.32 Å². The fraction of sp³-hybridized carbons (Fsp3) is 0.333. The maximum atomic E-state index is 6.20. The predicted molar refractivity (Wildman–Crippen MR) is 132 cm³/mol. The summed E-state index contributed by atoms with van der Waals surface area (Å²) in [7, 11) is 0. The molecule has 5 aromatic rings. The maximum Gasteiger partial charge on any atom is 0.213 e. The van der Waals surface area contributed by atoms with Gasteiger partial charge in [0.2, 0.25) is 6.39 Å². The van der Waals surface area contributed by atoms with E-state index < -0.39 is 0 Å². The van der Waals surface area contributed by atoms with Crippen molar-refractivity contribution in [3.05, 3.63) is 56.1 Å². The van der Waals surface area contributed by atoms with E-state index in [1.807, 2.05) is 0 Å². The number of fused-ring (bicyclic) bond motifs is 6. The van der Waals surface area contributed by atoms with Gasteiger partial charge >= 0.3 is 0 Å². The zero-order chi connectivity index (χ0) is 23.1. The van der Waals surface area contributed by atoms with Gasteiger partial charge in [-0.25, -0.2) is 19.9 Å². The lowest BCUT2D eigenvalue weighted by molar-refractivity contribution is 0.239. The smallest absolute Gasteiger partial charge is 0.213 e. The molecule has 174 valence electrons. The van der Waals surface area contributed by atoms with Crippen LogP contribution in [0.1, 0.15) is 26.7 Å². The van der Waals surface area contributed by atoms with Crippen LogP contribution in [0.2, 0.25) is 10.3 Å². The number of nitrogens with one attached hydrogen (secondary N) is 1. The Bertz CT molecular complexity index is 1470. The summed E-state index contributed by atoms with van der Waals surface area (Å²) in [6.07, 6.45) is 6.38. The van der Waals surface area contributed by atoms with Crippen LogP contribution in [0.25, 0.3) is 20.4 Å². The molecule has 0 fully saturated rings. The summed E-state index contributed by atoms with van der Waals surface area (Å²) in [5.74, 6) is 0.715. The standard InChI is InChI=1S/C12H10ClN5OS.C9H8ClN3S/c13-11-10-7-1-2-18(4-9-16-6-19-17-9)3-8(7)20-12(10)15-5-14-11;10-8-7-5-1-2-11-3-6(5)14-9(7)13-4-12-8/h5-6H,1-4H2;4,11H,1-3H2. The monoisotopic (exact) mass is 532 g/mol. The summed E-state index contributed by atoms with van der Waals surface area (Å²) in [5, 5.41) is 10.4. The molecule has 34 heavy (non-hydrogen) atoms. The van der Waals surface area contributed by atoms with Gasteiger partial charge in [0, 0.05) is 29.4 Å². The highest BCUT2D eigenvalue weighted by molar-refractivity contribution is 7.19. The molecule has 0 bridgehead atoms. The topological polar surface area (TPSA) is 106 Å². The Morgan fingerprint density at radius 3 is 2.32 bits per heavy atom. The van der Waals surface area contributed by atoms with Crippen molar-refractivity contribution < 1.29 is 4.52 Å². The van der Waals surface area contributed by atoms with E-state index in [4.69, 9.17) is 27.7 Å². The second-order valence-electron chi connectivity index (χ2n) is 7.93. The highest BCUT2D eigenvalue weighted by Crippen LogP contribution is 2.37. The van der Waals surface area contributed by atoms with E-state index >= 15 is 0 Å². The molecule has 0 atom stereocenters. The molecule has 0 radical (unpaired) electrons. The van der Waals surface area contributed by atoms with Crippen molar-refractivity contribution in [2.45, 2.75) is 32.5 Å². The van der Waals surface area contributed by atoms with E-state index in [-0.39, 0.29) is 0 Å². The van der Waals surface area contributed by atoms with Crippen LogP contribution in [-0.4, -0.2) is 48.1 Å². The van der Waals surface area contributed by atoms with Gasteiger partial charge in [-0.15, -0.1) is 22.7 Å². The van der Waals surface area contributed by atoms with Gasteiger partial charge in [0.05, 0.1) is 17.3 Å². The molecule has 0 aliphatic carbocycles. The van der Waals surface area contributed by atoms with Crippen molar-refractivity contribution >= 4 is 66.3 Å². The Morgan fingerprint density at radius 2 is 1.62 bits per heavy atom. The van der Waals surface area contributed by atoms with Gasteiger partial charge in [-0.05, 0) is 30.5 Å². The molecule has 0 saturated heterocycles. The second kappa shape index (κ2) is 9.40. The van der Waals surface area contributed by atoms with Crippen LogP contribution in [0.3, 0.4) is 0 Å². The lowest BCUT2D eigenvalue weighted by Crippen LogP contribution is -2.29. The predicted octanol–water partition coefficient (Wildman–Crippen LogP) is 4.28. The zero-order valence-electron chi connectivity index (χ0n) is 17.8. The minimum absolute atomic E-state index is 0.555. The van der Waals surface area contributed by atoms with Crippen LogP contribution in [0, 0.1) is 0 Å². The van der Waals surface area contributed by atoms with E-state index in [9.17, 15) is 0 Å². The van der Waals surface area contributed by atoms with Crippen LogP contribution in [0.15, 0.2) is 23.6 Å². The first-order valence-electron chi connectivity index (χ1n) is 10.7. The van der Waals surface area contributed by atoms with Crippen molar-refractivity contribution in [2.24, 2.45) is 0 Å². The lowest BCUT2D eigenvalue weighted by Gasteiger charge is -2.25. The van der Waals surface area contributed by atoms with Crippen molar-refractivity contribution in [1.82, 2.24) is 40.3 Å². The first-order valence-corrected chi connectivity index (χ1v) is 13.1. The molecule has 0 unspecified atom stereocenters. The molecule has 0 amide bonds. The van der Waals surface area contributed by atoms with Gasteiger partial charge in [-0.1, -0.05) is 28.4 Å². The Labute approximate surface area is 212 Å². The van der Waals surface area contributed by atoms with Crippen molar-refractivity contribution in [1.29, 1.82) is 0 Å². The average Bonchev–Trinajstić information content (AvgIpc) is 3.57. The minimum Gasteiger partial charge on any atom is -0.343 e. The molecular weight excluding hydrogens is 515 g/mol. The van der Waals surface area contributed by atoms with E-state index in [1.165, 1.54) is 39.9 Å². The summed E-state index contributed by atoms with van der Waals surface area (Å²) in [4.78, 5) is 27.7. The fourth-order valence-electron chi connectivity index (χ4n) is 4.36. The number of hydrogen-bond acceptors (Lipinski definition) is 11. The third-order valence-corrected chi connectivity index (χ3v) is 8.74. The molecule has 5 aromatic heterocycles. The highest BCUT2D eigenvalue weighted by Gasteiger charge is 2.24. The first-order chi connectivity index (χ1) is 16.7. The van der Waals surface area contributed by atoms with Crippen LogP contribution in [-0.2, 0) is 32.5 Å². The molecule has 1 N–H and O–H groups in total. The molecule has 9 nitrogen and oxygen atoms in total. The normalized spacial score (nSPS) is 15.7. The Balaban J connectivity index is 0.000000136. The number of hydrogen-bond donors (Lipinski definition) is 1.